The van der Waals surface area contributed by atoms with Crippen LogP contribution in [0.25, 0.3) is 10.9 Å². The number of hydrogen-bond acceptors (Lipinski definition) is 4. The van der Waals surface area contributed by atoms with Gasteiger partial charge in [-0.05, 0) is 66.4 Å². The number of hydrogen-bond donors (Lipinski definition) is 1. The minimum absolute atomic E-state index is 0.0450. The van der Waals surface area contributed by atoms with Crippen molar-refractivity contribution < 1.29 is 14.3 Å². The Balaban J connectivity index is 1.44. The van der Waals surface area contributed by atoms with Crippen LogP contribution in [0, 0.1) is 17.8 Å². The van der Waals surface area contributed by atoms with Gasteiger partial charge in [-0.25, -0.2) is 4.79 Å². The monoisotopic (exact) mass is 426 g/mol. The van der Waals surface area contributed by atoms with Crippen LogP contribution in [0.5, 0.6) is 0 Å². The van der Waals surface area contributed by atoms with Gasteiger partial charge in [-0.2, -0.15) is 5.10 Å². The van der Waals surface area contributed by atoms with Crippen molar-refractivity contribution in [1.82, 2.24) is 20.0 Å². The summed E-state index contributed by atoms with van der Waals surface area (Å²) in [6, 6.07) is 8.38. The highest BCUT2D eigenvalue weighted by Gasteiger charge is 2.61. The van der Waals surface area contributed by atoms with Crippen molar-refractivity contribution in [1.29, 1.82) is 0 Å². The standard InChI is InChI=1S/C24H34N4O3/c1-14(2)28-18-11-9-8-10-15(18)20(26-28)24(6,7)25-21(29)19-16-12-27(13-17(16)19)22(30)31-23(3,4)5/h8-11,14,16-17,19H,12-13H2,1-7H3,(H,25,29)/t16-,17+,19+. The number of fused-ring (bicyclic) bond motifs is 2. The van der Waals surface area contributed by atoms with Crippen molar-refractivity contribution in [3.63, 3.8) is 0 Å². The molecule has 2 fully saturated rings. The fourth-order valence-electron chi connectivity index (χ4n) is 4.79. The van der Waals surface area contributed by atoms with Crippen LogP contribution in [0.3, 0.4) is 0 Å². The van der Waals surface area contributed by atoms with Crippen LogP contribution in [-0.4, -0.2) is 45.4 Å². The van der Waals surface area contributed by atoms with Gasteiger partial charge >= 0.3 is 6.09 Å². The molecule has 0 radical (unpaired) electrons. The number of carbonyl (C=O) groups is 2. The minimum Gasteiger partial charge on any atom is -0.444 e. The SMILES string of the molecule is CC(C)n1nc(C(C)(C)NC(=O)[C@H]2[C@@H]3CN(C(=O)OC(C)(C)C)C[C@@H]32)c2ccccc21. The van der Waals surface area contributed by atoms with E-state index in [2.05, 4.69) is 31.3 Å². The number of likely N-dealkylation sites (tertiary alicyclic amines) is 1. The van der Waals surface area contributed by atoms with E-state index in [1.54, 1.807) is 4.90 Å². The average Bonchev–Trinajstić information content (AvgIpc) is 3.01. The highest BCUT2D eigenvalue weighted by atomic mass is 16.6. The Kier molecular flexibility index (Phi) is 5.06. The Labute approximate surface area is 184 Å². The Morgan fingerprint density at radius 2 is 1.71 bits per heavy atom. The van der Waals surface area contributed by atoms with Gasteiger partial charge in [0.25, 0.3) is 0 Å². The van der Waals surface area contributed by atoms with Crippen LogP contribution in [0.2, 0.25) is 0 Å². The van der Waals surface area contributed by atoms with E-state index in [0.717, 1.165) is 16.6 Å². The molecule has 1 aliphatic heterocycles. The number of ether oxygens (including phenoxy) is 1. The van der Waals surface area contributed by atoms with E-state index < -0.39 is 11.1 Å². The topological polar surface area (TPSA) is 76.5 Å². The van der Waals surface area contributed by atoms with Crippen molar-refractivity contribution in [3.8, 4) is 0 Å². The molecule has 0 spiro atoms. The molecule has 168 valence electrons. The molecule has 31 heavy (non-hydrogen) atoms. The molecule has 1 aromatic carbocycles. The first-order chi connectivity index (χ1) is 14.4. The summed E-state index contributed by atoms with van der Waals surface area (Å²) >= 11 is 0. The van der Waals surface area contributed by atoms with Gasteiger partial charge in [0, 0.05) is 30.4 Å². The van der Waals surface area contributed by atoms with Gasteiger partial charge in [-0.1, -0.05) is 18.2 Å². The second-order valence-electron chi connectivity index (χ2n) is 10.8. The van der Waals surface area contributed by atoms with Crippen molar-refractivity contribution in [3.05, 3.63) is 30.0 Å². The van der Waals surface area contributed by atoms with Crippen LogP contribution in [0.1, 0.15) is 60.2 Å². The van der Waals surface area contributed by atoms with Crippen molar-refractivity contribution >= 4 is 22.9 Å². The Morgan fingerprint density at radius 1 is 1.10 bits per heavy atom. The van der Waals surface area contributed by atoms with E-state index in [4.69, 9.17) is 9.84 Å². The van der Waals surface area contributed by atoms with Crippen LogP contribution < -0.4 is 5.32 Å². The van der Waals surface area contributed by atoms with Crippen molar-refractivity contribution in [2.45, 2.75) is 65.6 Å². The number of amides is 2. The maximum atomic E-state index is 13.1. The lowest BCUT2D eigenvalue weighted by Crippen LogP contribution is -2.44. The summed E-state index contributed by atoms with van der Waals surface area (Å²) in [7, 11) is 0. The highest BCUT2D eigenvalue weighted by molar-refractivity contribution is 5.87. The predicted molar refractivity (Wildman–Crippen MR) is 120 cm³/mol. The zero-order valence-corrected chi connectivity index (χ0v) is 19.6. The van der Waals surface area contributed by atoms with Gasteiger partial charge in [0.05, 0.1) is 16.7 Å². The molecule has 7 heteroatoms. The Bertz CT molecular complexity index is 1010. The molecule has 0 unspecified atom stereocenters. The van der Waals surface area contributed by atoms with E-state index in [-0.39, 0.29) is 35.8 Å². The first-order valence-corrected chi connectivity index (χ1v) is 11.2. The summed E-state index contributed by atoms with van der Waals surface area (Å²) in [4.78, 5) is 27.1. The number of benzene rings is 1. The lowest BCUT2D eigenvalue weighted by Gasteiger charge is -2.27. The third kappa shape index (κ3) is 4.02. The van der Waals surface area contributed by atoms with Crippen LogP contribution in [-0.2, 0) is 15.1 Å². The number of aromatic nitrogens is 2. The molecule has 1 saturated carbocycles. The second kappa shape index (κ2) is 7.24. The summed E-state index contributed by atoms with van der Waals surface area (Å²) < 4.78 is 7.48. The molecule has 2 aromatic rings. The minimum atomic E-state index is -0.599. The molecular formula is C24H34N4O3. The largest absolute Gasteiger partial charge is 0.444 e. The van der Waals surface area contributed by atoms with Gasteiger partial charge in [0.2, 0.25) is 5.91 Å². The Morgan fingerprint density at radius 3 is 2.29 bits per heavy atom. The predicted octanol–water partition coefficient (Wildman–Crippen LogP) is 4.08. The van der Waals surface area contributed by atoms with Gasteiger partial charge < -0.3 is 15.0 Å². The summed E-state index contributed by atoms with van der Waals surface area (Å²) in [5, 5.41) is 9.17. The molecule has 7 nitrogen and oxygen atoms in total. The fraction of sp³-hybridized carbons (Fsp3) is 0.625. The zero-order valence-electron chi connectivity index (χ0n) is 19.6. The average molecular weight is 427 g/mol. The third-order valence-corrected chi connectivity index (χ3v) is 6.28. The van der Waals surface area contributed by atoms with Crippen LogP contribution >= 0.6 is 0 Å². The summed E-state index contributed by atoms with van der Waals surface area (Å²) in [5.74, 6) is 0.435. The van der Waals surface area contributed by atoms with Crippen LogP contribution in [0.4, 0.5) is 4.79 Å². The first kappa shape index (κ1) is 21.7. The van der Waals surface area contributed by atoms with Crippen molar-refractivity contribution in [2.24, 2.45) is 17.8 Å². The Hall–Kier alpha value is -2.57. The lowest BCUT2D eigenvalue weighted by molar-refractivity contribution is -0.125. The van der Waals surface area contributed by atoms with Crippen molar-refractivity contribution in [2.75, 3.05) is 13.1 Å². The smallest absolute Gasteiger partial charge is 0.410 e. The summed E-state index contributed by atoms with van der Waals surface area (Å²) in [6.45, 7) is 15.0. The maximum Gasteiger partial charge on any atom is 0.410 e. The van der Waals surface area contributed by atoms with Gasteiger partial charge in [0.1, 0.15) is 5.60 Å². The van der Waals surface area contributed by atoms with Crippen LogP contribution in [0.15, 0.2) is 24.3 Å². The molecule has 3 atom stereocenters. The van der Waals surface area contributed by atoms with E-state index in [1.807, 2.05) is 51.4 Å². The molecule has 0 bridgehead atoms. The number of nitrogens with one attached hydrogen (secondary N) is 1. The normalized spacial score (nSPS) is 23.2. The van der Waals surface area contributed by atoms with Gasteiger partial charge in [-0.15, -0.1) is 0 Å². The number of rotatable bonds is 4. The van der Waals surface area contributed by atoms with E-state index in [1.165, 1.54) is 0 Å². The molecule has 4 rings (SSSR count). The number of nitrogens with zero attached hydrogens (tertiary/aromatic N) is 3. The molecule has 1 aliphatic carbocycles. The second-order valence-corrected chi connectivity index (χ2v) is 10.8. The number of piperidine rings is 1. The lowest BCUT2D eigenvalue weighted by atomic mass is 9.96. The van der Waals surface area contributed by atoms with Gasteiger partial charge in [-0.3, -0.25) is 9.48 Å². The molecular weight excluding hydrogens is 392 g/mol. The van der Waals surface area contributed by atoms with E-state index in [0.29, 0.717) is 13.1 Å². The summed E-state index contributed by atoms with van der Waals surface area (Å²) in [6.07, 6.45) is -0.287. The molecule has 2 aliphatic rings. The van der Waals surface area contributed by atoms with Gasteiger partial charge in [0.15, 0.2) is 0 Å². The molecule has 1 aromatic heterocycles. The summed E-state index contributed by atoms with van der Waals surface area (Å²) in [5.41, 5.74) is 0.850. The quantitative estimate of drug-likeness (QED) is 0.799. The molecule has 1 saturated heterocycles. The molecule has 1 N–H and O–H groups in total. The number of carbonyl (C=O) groups excluding carboxylic acids is 2. The highest BCUT2D eigenvalue weighted by Crippen LogP contribution is 2.52. The zero-order chi connectivity index (χ0) is 22.7. The molecule has 2 amide bonds. The third-order valence-electron chi connectivity index (χ3n) is 6.28. The van der Waals surface area contributed by atoms with E-state index in [9.17, 15) is 9.59 Å². The number of para-hydroxylation sites is 1. The fourth-order valence-corrected chi connectivity index (χ4v) is 4.79. The maximum absolute atomic E-state index is 13.1. The van der Waals surface area contributed by atoms with E-state index >= 15 is 0 Å². The first-order valence-electron chi connectivity index (χ1n) is 11.2. The molecule has 2 heterocycles.